The Labute approximate surface area is 136 Å². The third-order valence-corrected chi connectivity index (χ3v) is 4.25. The summed E-state index contributed by atoms with van der Waals surface area (Å²) in [6.07, 6.45) is 3.55. The van der Waals surface area contributed by atoms with E-state index in [1.807, 2.05) is 0 Å². The molecule has 0 bridgehead atoms. The molecule has 4 aromatic rings. The highest BCUT2D eigenvalue weighted by Gasteiger charge is 2.08. The number of benzene rings is 3. The Kier molecular flexibility index (Phi) is 3.69. The molecule has 1 aromatic heterocycles. The fourth-order valence-corrected chi connectivity index (χ4v) is 3.03. The van der Waals surface area contributed by atoms with Crippen molar-refractivity contribution in [3.8, 4) is 0 Å². The normalized spacial score (nSPS) is 11.0. The average molecular weight is 298 g/mol. The van der Waals surface area contributed by atoms with Crippen LogP contribution in [0.15, 0.2) is 89.5 Å². The number of hydrogen-bond acceptors (Lipinski definition) is 1. The lowest BCUT2D eigenvalue weighted by molar-refractivity contribution is 0.517. The quantitative estimate of drug-likeness (QED) is 0.477. The Morgan fingerprint density at radius 3 is 2.26 bits per heavy atom. The summed E-state index contributed by atoms with van der Waals surface area (Å²) in [5, 5.41) is 2.56. The molecule has 112 valence electrons. The predicted octanol–water partition coefficient (Wildman–Crippen LogP) is 5.61. The number of furan rings is 1. The molecule has 0 saturated carbocycles. The molecule has 0 radical (unpaired) electrons. The molecule has 0 spiro atoms. The summed E-state index contributed by atoms with van der Waals surface area (Å²) < 4.78 is 5.75. The Bertz CT molecular complexity index is 919. The summed E-state index contributed by atoms with van der Waals surface area (Å²) >= 11 is 0. The maximum Gasteiger partial charge on any atom is 0.111 e. The van der Waals surface area contributed by atoms with Gasteiger partial charge in [-0.3, -0.25) is 0 Å². The van der Waals surface area contributed by atoms with E-state index in [0.717, 1.165) is 18.6 Å². The van der Waals surface area contributed by atoms with Crippen LogP contribution in [-0.2, 0) is 12.8 Å². The first-order valence-corrected chi connectivity index (χ1v) is 7.95. The molecular weight excluding hydrogens is 280 g/mol. The van der Waals surface area contributed by atoms with Crippen molar-refractivity contribution in [2.75, 3.05) is 0 Å². The van der Waals surface area contributed by atoms with Crippen molar-refractivity contribution >= 4 is 10.8 Å². The van der Waals surface area contributed by atoms with Crippen LogP contribution in [0, 0.1) is 0 Å². The minimum Gasteiger partial charge on any atom is -0.469 e. The summed E-state index contributed by atoms with van der Waals surface area (Å²) in [6.45, 7) is 0. The van der Waals surface area contributed by atoms with Crippen LogP contribution in [0.5, 0.6) is 0 Å². The standard InChI is InChI=1S/C22H18O/c1-2-6-17(7-3-1)14-21-12-13-23-22(21)16-18-10-11-19-8-4-5-9-20(19)15-18/h1-13,15H,14,16H2. The molecule has 0 unspecified atom stereocenters. The van der Waals surface area contributed by atoms with Crippen molar-refractivity contribution in [2.24, 2.45) is 0 Å². The van der Waals surface area contributed by atoms with Gasteiger partial charge >= 0.3 is 0 Å². The fourth-order valence-electron chi connectivity index (χ4n) is 3.03. The van der Waals surface area contributed by atoms with Crippen LogP contribution in [0.3, 0.4) is 0 Å². The number of fused-ring (bicyclic) bond motifs is 1. The van der Waals surface area contributed by atoms with Crippen molar-refractivity contribution in [3.05, 3.63) is 108 Å². The van der Waals surface area contributed by atoms with E-state index in [1.54, 1.807) is 6.26 Å². The molecule has 0 saturated heterocycles. The van der Waals surface area contributed by atoms with Gasteiger partial charge in [-0.2, -0.15) is 0 Å². The molecule has 1 heteroatoms. The molecule has 0 aliphatic carbocycles. The van der Waals surface area contributed by atoms with Gasteiger partial charge in [0.2, 0.25) is 0 Å². The van der Waals surface area contributed by atoms with Crippen LogP contribution in [-0.4, -0.2) is 0 Å². The lowest BCUT2D eigenvalue weighted by Gasteiger charge is -2.05. The maximum absolute atomic E-state index is 5.75. The van der Waals surface area contributed by atoms with Gasteiger partial charge in [-0.1, -0.05) is 72.8 Å². The van der Waals surface area contributed by atoms with Crippen LogP contribution in [0.1, 0.15) is 22.5 Å². The van der Waals surface area contributed by atoms with Gasteiger partial charge < -0.3 is 4.42 Å². The van der Waals surface area contributed by atoms with Gasteiger partial charge in [-0.05, 0) is 33.5 Å². The molecule has 0 fully saturated rings. The Morgan fingerprint density at radius 1 is 0.609 bits per heavy atom. The first kappa shape index (κ1) is 13.8. The van der Waals surface area contributed by atoms with E-state index in [4.69, 9.17) is 4.42 Å². The van der Waals surface area contributed by atoms with E-state index in [0.29, 0.717) is 0 Å². The van der Waals surface area contributed by atoms with E-state index in [1.165, 1.54) is 27.5 Å². The van der Waals surface area contributed by atoms with Crippen molar-refractivity contribution in [2.45, 2.75) is 12.8 Å². The molecular formula is C22H18O. The van der Waals surface area contributed by atoms with E-state index < -0.39 is 0 Å². The second-order valence-corrected chi connectivity index (χ2v) is 5.89. The van der Waals surface area contributed by atoms with E-state index in [2.05, 4.69) is 78.9 Å². The zero-order chi connectivity index (χ0) is 15.5. The highest BCUT2D eigenvalue weighted by atomic mass is 16.3. The highest BCUT2D eigenvalue weighted by Crippen LogP contribution is 2.22. The Morgan fingerprint density at radius 2 is 1.39 bits per heavy atom. The van der Waals surface area contributed by atoms with Crippen molar-refractivity contribution < 1.29 is 4.42 Å². The fraction of sp³-hybridized carbons (Fsp3) is 0.0909. The summed E-state index contributed by atoms with van der Waals surface area (Å²) in [7, 11) is 0. The summed E-state index contributed by atoms with van der Waals surface area (Å²) in [5.41, 5.74) is 3.87. The van der Waals surface area contributed by atoms with Gasteiger partial charge in [0.25, 0.3) is 0 Å². The monoisotopic (exact) mass is 298 g/mol. The number of rotatable bonds is 4. The molecule has 1 nitrogen and oxygen atoms in total. The minimum absolute atomic E-state index is 0.833. The highest BCUT2D eigenvalue weighted by molar-refractivity contribution is 5.83. The third-order valence-electron chi connectivity index (χ3n) is 4.25. The zero-order valence-electron chi connectivity index (χ0n) is 12.9. The van der Waals surface area contributed by atoms with Crippen molar-refractivity contribution in [1.82, 2.24) is 0 Å². The lowest BCUT2D eigenvalue weighted by atomic mass is 10.00. The van der Waals surface area contributed by atoms with Gasteiger partial charge in [0.15, 0.2) is 0 Å². The lowest BCUT2D eigenvalue weighted by Crippen LogP contribution is -1.93. The first-order chi connectivity index (χ1) is 11.4. The van der Waals surface area contributed by atoms with E-state index in [9.17, 15) is 0 Å². The Hall–Kier alpha value is -2.80. The van der Waals surface area contributed by atoms with E-state index in [-0.39, 0.29) is 0 Å². The van der Waals surface area contributed by atoms with Crippen LogP contribution < -0.4 is 0 Å². The van der Waals surface area contributed by atoms with Crippen molar-refractivity contribution in [3.63, 3.8) is 0 Å². The molecule has 0 N–H and O–H groups in total. The van der Waals surface area contributed by atoms with E-state index >= 15 is 0 Å². The SMILES string of the molecule is c1ccc(Cc2ccoc2Cc2ccc3ccccc3c2)cc1. The summed E-state index contributed by atoms with van der Waals surface area (Å²) in [5.74, 6) is 1.06. The Balaban J connectivity index is 1.60. The zero-order valence-corrected chi connectivity index (χ0v) is 12.9. The molecule has 1 heterocycles. The largest absolute Gasteiger partial charge is 0.469 e. The molecule has 0 amide bonds. The third kappa shape index (κ3) is 3.04. The topological polar surface area (TPSA) is 13.1 Å². The van der Waals surface area contributed by atoms with Crippen LogP contribution in [0.25, 0.3) is 10.8 Å². The second kappa shape index (κ2) is 6.13. The molecule has 23 heavy (non-hydrogen) atoms. The summed E-state index contributed by atoms with van der Waals surface area (Å²) in [4.78, 5) is 0. The average Bonchev–Trinajstić information content (AvgIpc) is 3.02. The maximum atomic E-state index is 5.75. The van der Waals surface area contributed by atoms with Crippen LogP contribution >= 0.6 is 0 Å². The molecule has 0 atom stereocenters. The molecule has 0 aliphatic heterocycles. The molecule has 3 aromatic carbocycles. The van der Waals surface area contributed by atoms with Crippen LogP contribution in [0.4, 0.5) is 0 Å². The van der Waals surface area contributed by atoms with Gasteiger partial charge in [-0.15, -0.1) is 0 Å². The molecule has 4 rings (SSSR count). The smallest absolute Gasteiger partial charge is 0.111 e. The predicted molar refractivity (Wildman–Crippen MR) is 94.7 cm³/mol. The van der Waals surface area contributed by atoms with Gasteiger partial charge in [0.1, 0.15) is 5.76 Å². The first-order valence-electron chi connectivity index (χ1n) is 7.95. The summed E-state index contributed by atoms with van der Waals surface area (Å²) in [6, 6.07) is 27.7. The van der Waals surface area contributed by atoms with Gasteiger partial charge in [-0.25, -0.2) is 0 Å². The van der Waals surface area contributed by atoms with Gasteiger partial charge in [0, 0.05) is 12.8 Å². The van der Waals surface area contributed by atoms with Crippen LogP contribution in [0.2, 0.25) is 0 Å². The molecule has 0 aliphatic rings. The number of hydrogen-bond donors (Lipinski definition) is 0. The van der Waals surface area contributed by atoms with Gasteiger partial charge in [0.05, 0.1) is 6.26 Å². The second-order valence-electron chi connectivity index (χ2n) is 5.89. The minimum atomic E-state index is 0.833. The van der Waals surface area contributed by atoms with Crippen molar-refractivity contribution in [1.29, 1.82) is 0 Å².